The first kappa shape index (κ1) is 17.6. The van der Waals surface area contributed by atoms with Gasteiger partial charge in [-0.15, -0.1) is 11.8 Å². The number of hydrogen-bond acceptors (Lipinski definition) is 4. The molecule has 3 unspecified atom stereocenters. The minimum atomic E-state index is -4.34. The van der Waals surface area contributed by atoms with E-state index in [1.807, 2.05) is 6.92 Å². The zero-order chi connectivity index (χ0) is 17.5. The van der Waals surface area contributed by atoms with Crippen LogP contribution in [-0.4, -0.2) is 41.2 Å². The Hall–Kier alpha value is -1.25. The van der Waals surface area contributed by atoms with Gasteiger partial charge < -0.3 is 10.6 Å². The Labute approximate surface area is 142 Å². The van der Waals surface area contributed by atoms with E-state index in [2.05, 4.69) is 5.32 Å². The average molecular weight is 359 g/mol. The summed E-state index contributed by atoms with van der Waals surface area (Å²) in [4.78, 5) is 14.4. The molecule has 0 aliphatic carbocycles. The Morgan fingerprint density at radius 2 is 2.00 bits per heavy atom. The lowest BCUT2D eigenvalue weighted by Gasteiger charge is -2.21. The molecule has 0 spiro atoms. The Balaban J connectivity index is 1.68. The van der Waals surface area contributed by atoms with Gasteiger partial charge in [-0.3, -0.25) is 10.1 Å². The van der Waals surface area contributed by atoms with Crippen molar-refractivity contribution in [2.24, 2.45) is 5.73 Å². The van der Waals surface area contributed by atoms with Crippen LogP contribution in [0, 0.1) is 0 Å². The van der Waals surface area contributed by atoms with E-state index in [4.69, 9.17) is 5.73 Å². The minimum absolute atomic E-state index is 0.0364. The topological polar surface area (TPSA) is 58.4 Å². The summed E-state index contributed by atoms with van der Waals surface area (Å²) in [6.45, 7) is 3.18. The van der Waals surface area contributed by atoms with Gasteiger partial charge >= 0.3 is 6.18 Å². The molecule has 2 saturated heterocycles. The van der Waals surface area contributed by atoms with Crippen molar-refractivity contribution in [2.75, 3.05) is 13.1 Å². The third-order valence-electron chi connectivity index (χ3n) is 4.47. The molecule has 0 aromatic heterocycles. The van der Waals surface area contributed by atoms with Crippen LogP contribution in [0.15, 0.2) is 24.3 Å². The maximum absolute atomic E-state index is 12.6. The maximum atomic E-state index is 12.6. The molecule has 0 radical (unpaired) electrons. The number of rotatable bonds is 2. The second-order valence-corrected chi connectivity index (χ2v) is 7.60. The number of hydrogen-bond donors (Lipinski definition) is 2. The summed E-state index contributed by atoms with van der Waals surface area (Å²) in [5.41, 5.74) is 5.93. The van der Waals surface area contributed by atoms with Gasteiger partial charge in [-0.25, -0.2) is 0 Å². The van der Waals surface area contributed by atoms with Gasteiger partial charge in [0.05, 0.1) is 10.9 Å². The maximum Gasteiger partial charge on any atom is 0.416 e. The molecular weight excluding hydrogens is 339 g/mol. The van der Waals surface area contributed by atoms with Gasteiger partial charge in [0.25, 0.3) is 0 Å². The van der Waals surface area contributed by atoms with Crippen LogP contribution < -0.4 is 11.1 Å². The number of nitrogens with two attached hydrogens (primary N) is 1. The highest BCUT2D eigenvalue weighted by Gasteiger charge is 2.40. The number of thioether (sulfide) groups is 1. The first-order valence-electron chi connectivity index (χ1n) is 7.89. The highest BCUT2D eigenvalue weighted by Crippen LogP contribution is 2.40. The fourth-order valence-corrected chi connectivity index (χ4v) is 4.57. The highest BCUT2D eigenvalue weighted by molar-refractivity contribution is 8.01. The molecule has 2 aliphatic rings. The predicted octanol–water partition coefficient (Wildman–Crippen LogP) is 2.36. The van der Waals surface area contributed by atoms with Crippen molar-refractivity contribution in [2.45, 2.75) is 42.2 Å². The van der Waals surface area contributed by atoms with Crippen molar-refractivity contribution in [1.29, 1.82) is 0 Å². The molecule has 8 heteroatoms. The van der Waals surface area contributed by atoms with Crippen molar-refractivity contribution in [3.63, 3.8) is 0 Å². The zero-order valence-electron chi connectivity index (χ0n) is 13.2. The number of likely N-dealkylation sites (tertiary alicyclic amines) is 1. The molecule has 3 N–H and O–H groups in total. The SMILES string of the molecule is CC1NC(c2ccc(C(F)(F)F)cc2)SC1C(=O)N1CC[C@@H](N)C1. The van der Waals surface area contributed by atoms with Gasteiger partial charge in [-0.1, -0.05) is 12.1 Å². The minimum Gasteiger partial charge on any atom is -0.340 e. The van der Waals surface area contributed by atoms with Crippen molar-refractivity contribution < 1.29 is 18.0 Å². The second kappa shape index (κ2) is 6.57. The fraction of sp³-hybridized carbons (Fsp3) is 0.562. The summed E-state index contributed by atoms with van der Waals surface area (Å²) < 4.78 is 37.9. The van der Waals surface area contributed by atoms with Gasteiger partial charge in [0.1, 0.15) is 5.25 Å². The van der Waals surface area contributed by atoms with Crippen LogP contribution in [0.1, 0.15) is 29.8 Å². The van der Waals surface area contributed by atoms with Gasteiger partial charge in [0.2, 0.25) is 5.91 Å². The Morgan fingerprint density at radius 3 is 2.54 bits per heavy atom. The number of carbonyl (C=O) groups excluding carboxylic acids is 1. The third kappa shape index (κ3) is 3.55. The van der Waals surface area contributed by atoms with E-state index in [9.17, 15) is 18.0 Å². The van der Waals surface area contributed by atoms with Crippen LogP contribution in [0.3, 0.4) is 0 Å². The predicted molar refractivity (Wildman–Crippen MR) is 87.3 cm³/mol. The van der Waals surface area contributed by atoms with Crippen molar-refractivity contribution in [3.8, 4) is 0 Å². The van der Waals surface area contributed by atoms with Crippen molar-refractivity contribution >= 4 is 17.7 Å². The monoisotopic (exact) mass is 359 g/mol. The smallest absolute Gasteiger partial charge is 0.340 e. The molecule has 0 bridgehead atoms. The fourth-order valence-electron chi connectivity index (χ4n) is 3.09. The standard InChI is InChI=1S/C16H20F3N3OS/c1-9-13(15(23)22-7-6-12(20)8-22)24-14(21-9)10-2-4-11(5-3-10)16(17,18)19/h2-5,9,12-14,21H,6-8,20H2,1H3/t9?,12-,13?,14?/m1/s1. The summed E-state index contributed by atoms with van der Waals surface area (Å²) in [5.74, 6) is 0.0577. The first-order chi connectivity index (χ1) is 11.3. The zero-order valence-corrected chi connectivity index (χ0v) is 14.0. The molecule has 24 heavy (non-hydrogen) atoms. The molecule has 0 saturated carbocycles. The molecule has 1 amide bonds. The summed E-state index contributed by atoms with van der Waals surface area (Å²) in [6.07, 6.45) is -3.53. The number of nitrogens with one attached hydrogen (secondary N) is 1. The molecule has 2 heterocycles. The molecule has 2 fully saturated rings. The van der Waals surface area contributed by atoms with Crippen LogP contribution >= 0.6 is 11.8 Å². The number of amides is 1. The molecule has 4 atom stereocenters. The first-order valence-corrected chi connectivity index (χ1v) is 8.83. The number of alkyl halides is 3. The van der Waals surface area contributed by atoms with Crippen LogP contribution in [0.2, 0.25) is 0 Å². The van der Waals surface area contributed by atoms with Gasteiger partial charge in [0.15, 0.2) is 0 Å². The van der Waals surface area contributed by atoms with Crippen LogP contribution in [0.25, 0.3) is 0 Å². The Morgan fingerprint density at radius 1 is 1.33 bits per heavy atom. The number of benzene rings is 1. The normalized spacial score (nSPS) is 30.8. The van der Waals surface area contributed by atoms with Crippen molar-refractivity contribution in [1.82, 2.24) is 10.2 Å². The van der Waals surface area contributed by atoms with Gasteiger partial charge in [0, 0.05) is 25.2 Å². The lowest BCUT2D eigenvalue weighted by Crippen LogP contribution is -2.42. The van der Waals surface area contributed by atoms with E-state index in [1.54, 1.807) is 4.90 Å². The number of halogens is 3. The summed E-state index contributed by atoms with van der Waals surface area (Å²) in [6, 6.07) is 5.09. The lowest BCUT2D eigenvalue weighted by atomic mass is 10.1. The van der Waals surface area contributed by atoms with Crippen LogP contribution in [0.5, 0.6) is 0 Å². The summed E-state index contributed by atoms with van der Waals surface area (Å²) in [7, 11) is 0. The van der Waals surface area contributed by atoms with Crippen LogP contribution in [0.4, 0.5) is 13.2 Å². The molecule has 1 aromatic carbocycles. The Bertz CT molecular complexity index is 608. The largest absolute Gasteiger partial charge is 0.416 e. The molecular formula is C16H20F3N3OS. The molecule has 2 aliphatic heterocycles. The number of carbonyl (C=O) groups is 1. The van der Waals surface area contributed by atoms with Crippen LogP contribution in [-0.2, 0) is 11.0 Å². The van der Waals surface area contributed by atoms with E-state index < -0.39 is 11.7 Å². The molecule has 3 rings (SSSR count). The quantitative estimate of drug-likeness (QED) is 0.851. The number of nitrogens with zero attached hydrogens (tertiary/aromatic N) is 1. The third-order valence-corrected chi connectivity index (χ3v) is 6.06. The highest BCUT2D eigenvalue weighted by atomic mass is 32.2. The van der Waals surface area contributed by atoms with E-state index in [1.165, 1.54) is 23.9 Å². The molecule has 132 valence electrons. The molecule has 4 nitrogen and oxygen atoms in total. The van der Waals surface area contributed by atoms with Crippen molar-refractivity contribution in [3.05, 3.63) is 35.4 Å². The van der Waals surface area contributed by atoms with E-state index in [-0.39, 0.29) is 28.6 Å². The van der Waals surface area contributed by atoms with E-state index in [0.29, 0.717) is 13.1 Å². The van der Waals surface area contributed by atoms with E-state index >= 15 is 0 Å². The van der Waals surface area contributed by atoms with Gasteiger partial charge in [-0.2, -0.15) is 13.2 Å². The van der Waals surface area contributed by atoms with E-state index in [0.717, 1.165) is 24.1 Å². The van der Waals surface area contributed by atoms with Gasteiger partial charge in [-0.05, 0) is 31.0 Å². The molecule has 1 aromatic rings. The lowest BCUT2D eigenvalue weighted by molar-refractivity contribution is -0.137. The summed E-state index contributed by atoms with van der Waals surface area (Å²) in [5, 5.41) is 2.86. The Kier molecular flexibility index (Phi) is 4.81. The average Bonchev–Trinajstić information content (AvgIpc) is 3.12. The summed E-state index contributed by atoms with van der Waals surface area (Å²) >= 11 is 1.46. The second-order valence-electron chi connectivity index (χ2n) is 6.34.